The van der Waals surface area contributed by atoms with Gasteiger partial charge in [0.15, 0.2) is 0 Å². The van der Waals surface area contributed by atoms with Crippen LogP contribution in [0.15, 0.2) is 28.7 Å². The molecule has 1 aromatic rings. The van der Waals surface area contributed by atoms with Gasteiger partial charge in [0, 0.05) is 17.1 Å². The SMILES string of the molecule is CCNC(COCC)Cc1ccc(Br)cc1. The summed E-state index contributed by atoms with van der Waals surface area (Å²) in [6, 6.07) is 8.88. The molecule has 0 aliphatic heterocycles. The largest absolute Gasteiger partial charge is 0.380 e. The highest BCUT2D eigenvalue weighted by molar-refractivity contribution is 9.10. The highest BCUT2D eigenvalue weighted by atomic mass is 79.9. The summed E-state index contributed by atoms with van der Waals surface area (Å²) in [5.41, 5.74) is 1.34. The van der Waals surface area contributed by atoms with Gasteiger partial charge >= 0.3 is 0 Å². The van der Waals surface area contributed by atoms with Gasteiger partial charge in [-0.1, -0.05) is 35.0 Å². The molecule has 1 rings (SSSR count). The maximum atomic E-state index is 5.47. The number of benzene rings is 1. The molecule has 1 unspecified atom stereocenters. The summed E-state index contributed by atoms with van der Waals surface area (Å²) in [5.74, 6) is 0. The summed E-state index contributed by atoms with van der Waals surface area (Å²) >= 11 is 3.44. The number of hydrogen-bond donors (Lipinski definition) is 1. The van der Waals surface area contributed by atoms with Gasteiger partial charge in [-0.3, -0.25) is 0 Å². The first-order chi connectivity index (χ1) is 7.76. The van der Waals surface area contributed by atoms with Crippen LogP contribution >= 0.6 is 15.9 Å². The first kappa shape index (κ1) is 13.7. The maximum absolute atomic E-state index is 5.47. The van der Waals surface area contributed by atoms with Gasteiger partial charge in [0.05, 0.1) is 6.61 Å². The lowest BCUT2D eigenvalue weighted by Crippen LogP contribution is -2.35. The summed E-state index contributed by atoms with van der Waals surface area (Å²) in [7, 11) is 0. The van der Waals surface area contributed by atoms with Crippen molar-refractivity contribution >= 4 is 15.9 Å². The number of likely N-dealkylation sites (N-methyl/N-ethyl adjacent to an activating group) is 1. The maximum Gasteiger partial charge on any atom is 0.0622 e. The first-order valence-corrected chi connectivity index (χ1v) is 6.61. The topological polar surface area (TPSA) is 21.3 Å². The molecular formula is C13H20BrNO. The highest BCUT2D eigenvalue weighted by Gasteiger charge is 2.07. The van der Waals surface area contributed by atoms with Crippen LogP contribution in [0.3, 0.4) is 0 Å². The Hall–Kier alpha value is -0.380. The zero-order chi connectivity index (χ0) is 11.8. The van der Waals surface area contributed by atoms with E-state index in [1.54, 1.807) is 0 Å². The van der Waals surface area contributed by atoms with E-state index >= 15 is 0 Å². The standard InChI is InChI=1S/C13H20BrNO/c1-3-15-13(10-16-4-2)9-11-5-7-12(14)8-6-11/h5-8,13,15H,3-4,9-10H2,1-2H3. The van der Waals surface area contributed by atoms with Crippen molar-refractivity contribution in [2.75, 3.05) is 19.8 Å². The van der Waals surface area contributed by atoms with E-state index in [-0.39, 0.29) is 0 Å². The van der Waals surface area contributed by atoms with E-state index in [1.165, 1.54) is 5.56 Å². The van der Waals surface area contributed by atoms with Crippen LogP contribution in [0.25, 0.3) is 0 Å². The normalized spacial score (nSPS) is 12.7. The minimum Gasteiger partial charge on any atom is -0.380 e. The van der Waals surface area contributed by atoms with Crippen molar-refractivity contribution in [1.82, 2.24) is 5.32 Å². The van der Waals surface area contributed by atoms with Gasteiger partial charge in [-0.15, -0.1) is 0 Å². The van der Waals surface area contributed by atoms with Gasteiger partial charge in [-0.25, -0.2) is 0 Å². The molecule has 16 heavy (non-hydrogen) atoms. The first-order valence-electron chi connectivity index (χ1n) is 5.81. The van der Waals surface area contributed by atoms with Crippen molar-refractivity contribution in [3.8, 4) is 0 Å². The van der Waals surface area contributed by atoms with Crippen molar-refractivity contribution in [2.45, 2.75) is 26.3 Å². The third-order valence-corrected chi connectivity index (χ3v) is 2.94. The molecule has 0 aromatic heterocycles. The van der Waals surface area contributed by atoms with Gasteiger partial charge < -0.3 is 10.1 Å². The minimum absolute atomic E-state index is 0.408. The molecule has 1 N–H and O–H groups in total. The molecule has 0 aliphatic rings. The van der Waals surface area contributed by atoms with Crippen molar-refractivity contribution in [3.63, 3.8) is 0 Å². The Labute approximate surface area is 107 Å². The molecule has 0 bridgehead atoms. The number of halogens is 1. The predicted octanol–water partition coefficient (Wildman–Crippen LogP) is 3.01. The Morgan fingerprint density at radius 3 is 2.50 bits per heavy atom. The Balaban J connectivity index is 2.49. The average molecular weight is 286 g/mol. The van der Waals surface area contributed by atoms with E-state index in [9.17, 15) is 0 Å². The fourth-order valence-electron chi connectivity index (χ4n) is 1.64. The average Bonchev–Trinajstić information content (AvgIpc) is 2.29. The lowest BCUT2D eigenvalue weighted by atomic mass is 10.1. The summed E-state index contributed by atoms with van der Waals surface area (Å²) in [5, 5.41) is 3.44. The lowest BCUT2D eigenvalue weighted by molar-refractivity contribution is 0.123. The fraction of sp³-hybridized carbons (Fsp3) is 0.538. The van der Waals surface area contributed by atoms with Crippen molar-refractivity contribution < 1.29 is 4.74 Å². The smallest absolute Gasteiger partial charge is 0.0622 e. The van der Waals surface area contributed by atoms with Crippen LogP contribution in [-0.4, -0.2) is 25.8 Å². The molecular weight excluding hydrogens is 266 g/mol. The van der Waals surface area contributed by atoms with Gasteiger partial charge in [0.2, 0.25) is 0 Å². The molecule has 2 nitrogen and oxygen atoms in total. The number of hydrogen-bond acceptors (Lipinski definition) is 2. The minimum atomic E-state index is 0.408. The van der Waals surface area contributed by atoms with Crippen LogP contribution in [0.1, 0.15) is 19.4 Å². The lowest BCUT2D eigenvalue weighted by Gasteiger charge is -2.17. The van der Waals surface area contributed by atoms with Crippen molar-refractivity contribution in [2.24, 2.45) is 0 Å². The van der Waals surface area contributed by atoms with Crippen LogP contribution in [0.2, 0.25) is 0 Å². The Bertz CT molecular complexity index is 286. The summed E-state index contributed by atoms with van der Waals surface area (Å²) in [6.45, 7) is 6.69. The molecule has 0 aliphatic carbocycles. The van der Waals surface area contributed by atoms with Crippen LogP contribution in [0, 0.1) is 0 Å². The van der Waals surface area contributed by atoms with E-state index in [0.717, 1.165) is 30.7 Å². The summed E-state index contributed by atoms with van der Waals surface area (Å²) < 4.78 is 6.60. The van der Waals surface area contributed by atoms with E-state index in [2.05, 4.69) is 52.4 Å². The molecule has 0 fully saturated rings. The van der Waals surface area contributed by atoms with Gasteiger partial charge in [-0.2, -0.15) is 0 Å². The molecule has 1 atom stereocenters. The molecule has 0 saturated heterocycles. The van der Waals surface area contributed by atoms with Crippen molar-refractivity contribution in [1.29, 1.82) is 0 Å². The van der Waals surface area contributed by atoms with E-state index < -0.39 is 0 Å². The monoisotopic (exact) mass is 285 g/mol. The van der Waals surface area contributed by atoms with Crippen LogP contribution in [0.5, 0.6) is 0 Å². The van der Waals surface area contributed by atoms with Crippen LogP contribution < -0.4 is 5.32 Å². The second-order valence-corrected chi connectivity index (χ2v) is 4.66. The Kier molecular flexibility index (Phi) is 6.69. The quantitative estimate of drug-likeness (QED) is 0.832. The Morgan fingerprint density at radius 1 is 1.25 bits per heavy atom. The molecule has 3 heteroatoms. The number of rotatable bonds is 7. The van der Waals surface area contributed by atoms with Crippen LogP contribution in [0.4, 0.5) is 0 Å². The van der Waals surface area contributed by atoms with Gasteiger partial charge in [0.1, 0.15) is 0 Å². The molecule has 0 saturated carbocycles. The zero-order valence-electron chi connectivity index (χ0n) is 10.0. The molecule has 0 radical (unpaired) electrons. The number of ether oxygens (including phenoxy) is 1. The Morgan fingerprint density at radius 2 is 1.94 bits per heavy atom. The highest BCUT2D eigenvalue weighted by Crippen LogP contribution is 2.12. The van der Waals surface area contributed by atoms with E-state index in [0.29, 0.717) is 6.04 Å². The summed E-state index contributed by atoms with van der Waals surface area (Å²) in [6.07, 6.45) is 1.02. The zero-order valence-corrected chi connectivity index (χ0v) is 11.6. The second-order valence-electron chi connectivity index (χ2n) is 3.74. The molecule has 0 amide bonds. The second kappa shape index (κ2) is 7.82. The molecule has 0 spiro atoms. The third-order valence-electron chi connectivity index (χ3n) is 2.41. The fourth-order valence-corrected chi connectivity index (χ4v) is 1.91. The van der Waals surface area contributed by atoms with E-state index in [1.807, 2.05) is 6.92 Å². The third kappa shape index (κ3) is 5.10. The van der Waals surface area contributed by atoms with Gasteiger partial charge in [-0.05, 0) is 37.6 Å². The van der Waals surface area contributed by atoms with Crippen LogP contribution in [-0.2, 0) is 11.2 Å². The molecule has 90 valence electrons. The summed E-state index contributed by atoms with van der Waals surface area (Å²) in [4.78, 5) is 0. The van der Waals surface area contributed by atoms with Crippen molar-refractivity contribution in [3.05, 3.63) is 34.3 Å². The number of nitrogens with one attached hydrogen (secondary N) is 1. The predicted molar refractivity (Wildman–Crippen MR) is 71.8 cm³/mol. The molecule has 0 heterocycles. The van der Waals surface area contributed by atoms with Gasteiger partial charge in [0.25, 0.3) is 0 Å². The van der Waals surface area contributed by atoms with E-state index in [4.69, 9.17) is 4.74 Å². The molecule has 1 aromatic carbocycles.